The Bertz CT molecular complexity index is 1170. The molecule has 0 aromatic carbocycles. The van der Waals surface area contributed by atoms with Crippen molar-refractivity contribution in [3.8, 4) is 0 Å². The SMILES string of the molecule is CC/C=C/C=C/C=C\C=C/C=C/CCCCCC(=O)OC(CCCCCCCCCCCCCCCCCC)CC(=O)NC(CO)C(O)CCCCCCCCCCCCCCCCCC. The fourth-order valence-electron chi connectivity index (χ4n) is 8.69. The standard InChI is InChI=1S/C60H109NO5/c1-4-7-10-13-16-19-22-25-28-31-33-36-39-42-45-48-51-56(66-60(65)53-50-47-44-41-38-35-30-27-24-21-18-15-12-9-6-3)54-59(64)61-57(55-62)58(63)52-49-46-43-40-37-34-32-29-26-23-20-17-14-11-8-5-2/h9,12,15,18,21,24,27,30,35,38,56-58,62-63H,4-8,10-11,13-14,16-17,19-20,22-23,25-26,28-29,31-34,36-37,39-55H2,1-3H3,(H,61,64)/b12-9+,18-15+,24-21-,30-27-,38-35+. The van der Waals surface area contributed by atoms with E-state index in [2.05, 4.69) is 50.4 Å². The summed E-state index contributed by atoms with van der Waals surface area (Å²) in [4.78, 5) is 26.2. The summed E-state index contributed by atoms with van der Waals surface area (Å²) in [6.07, 6.45) is 67.1. The van der Waals surface area contributed by atoms with E-state index in [4.69, 9.17) is 4.74 Å². The lowest BCUT2D eigenvalue weighted by atomic mass is 10.0. The Labute approximate surface area is 409 Å². The zero-order chi connectivity index (χ0) is 48.1. The Morgan fingerprint density at radius 2 is 0.818 bits per heavy atom. The maximum absolute atomic E-state index is 13.3. The number of hydrogen-bond donors (Lipinski definition) is 3. The predicted molar refractivity (Wildman–Crippen MR) is 287 cm³/mol. The molecule has 0 aromatic rings. The zero-order valence-electron chi connectivity index (χ0n) is 43.8. The first kappa shape index (κ1) is 63.6. The monoisotopic (exact) mass is 924 g/mol. The summed E-state index contributed by atoms with van der Waals surface area (Å²) in [5, 5.41) is 23.9. The average molecular weight is 925 g/mol. The van der Waals surface area contributed by atoms with Gasteiger partial charge < -0.3 is 20.3 Å². The number of nitrogens with one attached hydrogen (secondary N) is 1. The minimum atomic E-state index is -0.796. The molecule has 6 heteroatoms. The zero-order valence-corrected chi connectivity index (χ0v) is 43.8. The van der Waals surface area contributed by atoms with E-state index >= 15 is 0 Å². The molecule has 0 saturated heterocycles. The molecule has 66 heavy (non-hydrogen) atoms. The van der Waals surface area contributed by atoms with E-state index in [9.17, 15) is 19.8 Å². The van der Waals surface area contributed by atoms with Crippen LogP contribution in [-0.4, -0.2) is 46.9 Å². The Balaban J connectivity index is 4.60. The van der Waals surface area contributed by atoms with Gasteiger partial charge in [-0.15, -0.1) is 0 Å². The molecule has 6 nitrogen and oxygen atoms in total. The number of amides is 1. The Morgan fingerprint density at radius 1 is 0.455 bits per heavy atom. The van der Waals surface area contributed by atoms with Gasteiger partial charge in [-0.3, -0.25) is 9.59 Å². The van der Waals surface area contributed by atoms with Gasteiger partial charge in [0, 0.05) is 6.42 Å². The van der Waals surface area contributed by atoms with Crippen molar-refractivity contribution >= 4 is 11.9 Å². The third-order valence-corrected chi connectivity index (χ3v) is 13.0. The topological polar surface area (TPSA) is 95.9 Å². The molecule has 0 spiro atoms. The van der Waals surface area contributed by atoms with E-state index in [1.807, 2.05) is 36.5 Å². The van der Waals surface area contributed by atoms with E-state index in [1.165, 1.54) is 167 Å². The molecule has 384 valence electrons. The van der Waals surface area contributed by atoms with E-state index in [0.29, 0.717) is 19.3 Å². The summed E-state index contributed by atoms with van der Waals surface area (Å²) in [6, 6.07) is -0.711. The Kier molecular flexibility index (Phi) is 51.5. The highest BCUT2D eigenvalue weighted by molar-refractivity contribution is 5.77. The number of carbonyl (C=O) groups is 2. The van der Waals surface area contributed by atoms with Gasteiger partial charge in [-0.05, 0) is 44.9 Å². The largest absolute Gasteiger partial charge is 0.462 e. The number of ether oxygens (including phenoxy) is 1. The van der Waals surface area contributed by atoms with Crippen LogP contribution in [0.2, 0.25) is 0 Å². The van der Waals surface area contributed by atoms with Crippen LogP contribution in [0, 0.1) is 0 Å². The third kappa shape index (κ3) is 48.0. The molecule has 0 bridgehead atoms. The summed E-state index contributed by atoms with van der Waals surface area (Å²) < 4.78 is 5.94. The Hall–Kier alpha value is -2.44. The molecule has 1 amide bonds. The van der Waals surface area contributed by atoms with Gasteiger partial charge in [-0.2, -0.15) is 0 Å². The van der Waals surface area contributed by atoms with Crippen LogP contribution in [-0.2, 0) is 14.3 Å². The van der Waals surface area contributed by atoms with Crippen LogP contribution in [0.25, 0.3) is 0 Å². The summed E-state index contributed by atoms with van der Waals surface area (Å²) >= 11 is 0. The summed E-state index contributed by atoms with van der Waals surface area (Å²) in [6.45, 7) is 6.36. The number of unbranched alkanes of at least 4 members (excludes halogenated alkanes) is 33. The number of carbonyl (C=O) groups excluding carboxylic acids is 2. The number of rotatable bonds is 51. The number of esters is 1. The molecule has 0 fully saturated rings. The maximum Gasteiger partial charge on any atom is 0.306 e. The van der Waals surface area contributed by atoms with Crippen molar-refractivity contribution in [3.05, 3.63) is 60.8 Å². The first-order valence-electron chi connectivity index (χ1n) is 28.6. The van der Waals surface area contributed by atoms with Crippen molar-refractivity contribution < 1.29 is 24.5 Å². The second-order valence-electron chi connectivity index (χ2n) is 19.4. The van der Waals surface area contributed by atoms with Crippen molar-refractivity contribution in [3.63, 3.8) is 0 Å². The number of aliphatic hydroxyl groups excluding tert-OH is 2. The Morgan fingerprint density at radius 3 is 1.23 bits per heavy atom. The van der Waals surface area contributed by atoms with E-state index in [-0.39, 0.29) is 24.9 Å². The van der Waals surface area contributed by atoms with Gasteiger partial charge in [0.05, 0.1) is 25.2 Å². The van der Waals surface area contributed by atoms with E-state index in [0.717, 1.165) is 70.6 Å². The van der Waals surface area contributed by atoms with Crippen LogP contribution in [0.1, 0.15) is 284 Å². The highest BCUT2D eigenvalue weighted by Gasteiger charge is 2.24. The normalized spacial score (nSPS) is 13.6. The third-order valence-electron chi connectivity index (χ3n) is 13.0. The van der Waals surface area contributed by atoms with Crippen LogP contribution >= 0.6 is 0 Å². The van der Waals surface area contributed by atoms with Crippen molar-refractivity contribution in [2.24, 2.45) is 0 Å². The van der Waals surface area contributed by atoms with Gasteiger partial charge in [0.2, 0.25) is 5.91 Å². The summed E-state index contributed by atoms with van der Waals surface area (Å²) in [7, 11) is 0. The van der Waals surface area contributed by atoms with E-state index < -0.39 is 18.2 Å². The van der Waals surface area contributed by atoms with Crippen molar-refractivity contribution in [2.45, 2.75) is 302 Å². The van der Waals surface area contributed by atoms with Gasteiger partial charge in [0.1, 0.15) is 6.10 Å². The lowest BCUT2D eigenvalue weighted by Crippen LogP contribution is -2.46. The van der Waals surface area contributed by atoms with Crippen molar-refractivity contribution in [1.82, 2.24) is 5.32 Å². The van der Waals surface area contributed by atoms with Gasteiger partial charge in [0.25, 0.3) is 0 Å². The fourth-order valence-corrected chi connectivity index (χ4v) is 8.69. The highest BCUT2D eigenvalue weighted by Crippen LogP contribution is 2.19. The number of hydrogen-bond acceptors (Lipinski definition) is 5. The first-order valence-corrected chi connectivity index (χ1v) is 28.6. The minimum Gasteiger partial charge on any atom is -0.462 e. The predicted octanol–water partition coefficient (Wildman–Crippen LogP) is 17.6. The molecule has 0 aromatic heterocycles. The van der Waals surface area contributed by atoms with Gasteiger partial charge in [-0.1, -0.05) is 287 Å². The molecule has 3 atom stereocenters. The molecule has 3 unspecified atom stereocenters. The fraction of sp³-hybridized carbons (Fsp3) is 0.800. The van der Waals surface area contributed by atoms with Crippen LogP contribution in [0.4, 0.5) is 0 Å². The molecular formula is C60H109NO5. The lowest BCUT2D eigenvalue weighted by molar-refractivity contribution is -0.151. The molecule has 0 radical (unpaired) electrons. The highest BCUT2D eigenvalue weighted by atomic mass is 16.5. The molecule has 0 rings (SSSR count). The van der Waals surface area contributed by atoms with E-state index in [1.54, 1.807) is 0 Å². The van der Waals surface area contributed by atoms with Crippen LogP contribution in [0.15, 0.2) is 60.8 Å². The van der Waals surface area contributed by atoms with Crippen LogP contribution < -0.4 is 5.32 Å². The van der Waals surface area contributed by atoms with Crippen molar-refractivity contribution in [1.29, 1.82) is 0 Å². The molecule has 0 aliphatic carbocycles. The second-order valence-corrected chi connectivity index (χ2v) is 19.4. The summed E-state index contributed by atoms with van der Waals surface area (Å²) in [5.74, 6) is -0.512. The molecule has 3 N–H and O–H groups in total. The average Bonchev–Trinajstić information content (AvgIpc) is 3.31. The molecular weight excluding hydrogens is 815 g/mol. The number of allylic oxidation sites excluding steroid dienone is 10. The molecule has 0 aliphatic rings. The minimum absolute atomic E-state index is 0.0619. The molecule has 0 aliphatic heterocycles. The van der Waals surface area contributed by atoms with Crippen LogP contribution in [0.5, 0.6) is 0 Å². The first-order chi connectivity index (χ1) is 32.5. The molecule has 0 saturated carbocycles. The van der Waals surface area contributed by atoms with Gasteiger partial charge >= 0.3 is 5.97 Å². The molecule has 0 heterocycles. The maximum atomic E-state index is 13.3. The quantitative estimate of drug-likeness (QED) is 0.0321. The lowest BCUT2D eigenvalue weighted by Gasteiger charge is -2.24. The smallest absolute Gasteiger partial charge is 0.306 e. The van der Waals surface area contributed by atoms with Crippen molar-refractivity contribution in [2.75, 3.05) is 6.61 Å². The van der Waals surface area contributed by atoms with Gasteiger partial charge in [-0.25, -0.2) is 0 Å². The van der Waals surface area contributed by atoms with Crippen LogP contribution in [0.3, 0.4) is 0 Å². The summed E-state index contributed by atoms with van der Waals surface area (Å²) in [5.41, 5.74) is 0. The second kappa shape index (κ2) is 53.5. The van der Waals surface area contributed by atoms with Gasteiger partial charge in [0.15, 0.2) is 0 Å². The number of aliphatic hydroxyl groups is 2.